The average Bonchev–Trinajstić information content (AvgIpc) is 2.73. The Bertz CT molecular complexity index is 454. The molecule has 1 fully saturated rings. The number of hydrogen-bond donors (Lipinski definition) is 1. The minimum Gasteiger partial charge on any atom is -0.377 e. The highest BCUT2D eigenvalue weighted by Gasteiger charge is 2.30. The molecule has 0 saturated carbocycles. The van der Waals surface area contributed by atoms with Crippen LogP contribution in [0.2, 0.25) is 0 Å². The number of nitrogens with two attached hydrogens (primary N) is 1. The molecule has 3 nitrogen and oxygen atoms in total. The molecule has 3 heteroatoms. The smallest absolute Gasteiger partial charge is 0.0396 e. The van der Waals surface area contributed by atoms with Crippen molar-refractivity contribution in [3.05, 3.63) is 28.8 Å². The number of likely N-dealkylation sites (tertiary alicyclic amines) is 1. The monoisotopic (exact) mass is 261 g/mol. The molecule has 1 heterocycles. The van der Waals surface area contributed by atoms with E-state index in [-0.39, 0.29) is 0 Å². The molecular weight excluding hydrogens is 234 g/mol. The molecule has 0 amide bonds. The van der Waals surface area contributed by atoms with E-state index in [0.29, 0.717) is 12.0 Å². The lowest BCUT2D eigenvalue weighted by Crippen LogP contribution is -2.21. The first-order valence-corrected chi connectivity index (χ1v) is 7.12. The van der Waals surface area contributed by atoms with Crippen LogP contribution in [0.3, 0.4) is 0 Å². The van der Waals surface area contributed by atoms with Gasteiger partial charge in [-0.05, 0) is 62.5 Å². The maximum Gasteiger partial charge on any atom is 0.0396 e. The number of anilines is 1. The van der Waals surface area contributed by atoms with Gasteiger partial charge >= 0.3 is 0 Å². The second-order valence-electron chi connectivity index (χ2n) is 6.17. The van der Waals surface area contributed by atoms with Crippen LogP contribution >= 0.6 is 0 Å². The number of aryl methyl sites for hydroxylation is 1. The third kappa shape index (κ3) is 2.77. The van der Waals surface area contributed by atoms with Gasteiger partial charge in [0, 0.05) is 32.4 Å². The lowest BCUT2D eigenvalue weighted by molar-refractivity contribution is 0.313. The van der Waals surface area contributed by atoms with Crippen LogP contribution in [0.15, 0.2) is 12.1 Å². The van der Waals surface area contributed by atoms with E-state index < -0.39 is 0 Å². The van der Waals surface area contributed by atoms with Crippen LogP contribution in [0.5, 0.6) is 0 Å². The Labute approximate surface area is 117 Å². The Balaban J connectivity index is 2.35. The summed E-state index contributed by atoms with van der Waals surface area (Å²) in [6.45, 7) is 6.33. The van der Waals surface area contributed by atoms with Crippen molar-refractivity contribution in [1.29, 1.82) is 0 Å². The van der Waals surface area contributed by atoms with Crippen LogP contribution in [0, 0.1) is 19.8 Å². The first-order chi connectivity index (χ1) is 8.93. The summed E-state index contributed by atoms with van der Waals surface area (Å²) >= 11 is 0. The zero-order chi connectivity index (χ0) is 14.2. The summed E-state index contributed by atoms with van der Waals surface area (Å²) in [5.41, 5.74) is 11.4. The van der Waals surface area contributed by atoms with Crippen molar-refractivity contribution in [2.45, 2.75) is 26.3 Å². The molecule has 0 spiro atoms. The molecule has 19 heavy (non-hydrogen) atoms. The Morgan fingerprint density at radius 2 is 2.00 bits per heavy atom. The van der Waals surface area contributed by atoms with Crippen LogP contribution in [0.1, 0.15) is 29.2 Å². The molecular formula is C16H27N3. The van der Waals surface area contributed by atoms with Crippen molar-refractivity contribution < 1.29 is 0 Å². The lowest BCUT2D eigenvalue weighted by Gasteiger charge is -2.24. The maximum atomic E-state index is 5.83. The lowest BCUT2D eigenvalue weighted by atomic mass is 9.95. The molecule has 1 saturated heterocycles. The molecule has 1 aromatic carbocycles. The SMILES string of the molecule is Cc1cc(C2CC(CN)CN2C)cc(N(C)C)c1C. The summed E-state index contributed by atoms with van der Waals surface area (Å²) in [6, 6.07) is 5.22. The highest BCUT2D eigenvalue weighted by Crippen LogP contribution is 2.36. The van der Waals surface area contributed by atoms with Crippen molar-refractivity contribution in [3.8, 4) is 0 Å². The quantitative estimate of drug-likeness (QED) is 0.906. The molecule has 0 radical (unpaired) electrons. The van der Waals surface area contributed by atoms with E-state index in [4.69, 9.17) is 5.73 Å². The van der Waals surface area contributed by atoms with E-state index in [0.717, 1.165) is 13.1 Å². The van der Waals surface area contributed by atoms with Gasteiger partial charge in [-0.25, -0.2) is 0 Å². The van der Waals surface area contributed by atoms with Gasteiger partial charge in [0.2, 0.25) is 0 Å². The third-order valence-corrected chi connectivity index (χ3v) is 4.50. The van der Waals surface area contributed by atoms with Crippen LogP contribution in [-0.2, 0) is 0 Å². The Morgan fingerprint density at radius 3 is 2.53 bits per heavy atom. The van der Waals surface area contributed by atoms with Gasteiger partial charge in [0.25, 0.3) is 0 Å². The van der Waals surface area contributed by atoms with E-state index in [1.54, 1.807) is 0 Å². The fourth-order valence-corrected chi connectivity index (χ4v) is 3.19. The molecule has 0 aromatic heterocycles. The van der Waals surface area contributed by atoms with Gasteiger partial charge in [0.05, 0.1) is 0 Å². The topological polar surface area (TPSA) is 32.5 Å². The molecule has 2 N–H and O–H groups in total. The Morgan fingerprint density at radius 1 is 1.32 bits per heavy atom. The first-order valence-electron chi connectivity index (χ1n) is 7.12. The number of nitrogens with zero attached hydrogens (tertiary/aromatic N) is 2. The van der Waals surface area contributed by atoms with E-state index >= 15 is 0 Å². The third-order valence-electron chi connectivity index (χ3n) is 4.50. The van der Waals surface area contributed by atoms with Gasteiger partial charge in [0.15, 0.2) is 0 Å². The van der Waals surface area contributed by atoms with Crippen molar-refractivity contribution in [1.82, 2.24) is 4.90 Å². The largest absolute Gasteiger partial charge is 0.377 e. The summed E-state index contributed by atoms with van der Waals surface area (Å²) < 4.78 is 0. The van der Waals surface area contributed by atoms with Gasteiger partial charge < -0.3 is 10.6 Å². The van der Waals surface area contributed by atoms with E-state index in [9.17, 15) is 0 Å². The Hall–Kier alpha value is -1.06. The normalized spacial score (nSPS) is 23.9. The molecule has 1 aromatic rings. The average molecular weight is 261 g/mol. The molecule has 106 valence electrons. The minimum atomic E-state index is 0.520. The van der Waals surface area contributed by atoms with Crippen molar-refractivity contribution >= 4 is 5.69 Å². The van der Waals surface area contributed by atoms with Crippen LogP contribution in [0.4, 0.5) is 5.69 Å². The molecule has 0 aliphatic carbocycles. The standard InChI is InChI=1S/C16H27N3/c1-11-6-14(8-15(12(11)2)18(3)4)16-7-13(9-17)10-19(16)5/h6,8,13,16H,7,9-10,17H2,1-5H3. The second-order valence-corrected chi connectivity index (χ2v) is 6.17. The van der Waals surface area contributed by atoms with Crippen molar-refractivity contribution in [3.63, 3.8) is 0 Å². The fraction of sp³-hybridized carbons (Fsp3) is 0.625. The molecule has 1 aliphatic rings. The van der Waals surface area contributed by atoms with Crippen molar-refractivity contribution in [2.24, 2.45) is 11.7 Å². The number of rotatable bonds is 3. The van der Waals surface area contributed by atoms with E-state index in [1.165, 1.54) is 28.8 Å². The van der Waals surface area contributed by atoms with Crippen LogP contribution < -0.4 is 10.6 Å². The van der Waals surface area contributed by atoms with Gasteiger partial charge in [-0.3, -0.25) is 4.90 Å². The van der Waals surface area contributed by atoms with Gasteiger partial charge in [-0.1, -0.05) is 6.07 Å². The summed E-state index contributed by atoms with van der Waals surface area (Å²) in [7, 11) is 6.45. The predicted molar refractivity (Wildman–Crippen MR) is 82.8 cm³/mol. The Kier molecular flexibility index (Phi) is 4.16. The molecule has 2 unspecified atom stereocenters. The fourth-order valence-electron chi connectivity index (χ4n) is 3.19. The summed E-state index contributed by atoms with van der Waals surface area (Å²) in [6.07, 6.45) is 1.18. The summed E-state index contributed by atoms with van der Waals surface area (Å²) in [4.78, 5) is 4.66. The zero-order valence-electron chi connectivity index (χ0n) is 12.9. The second kappa shape index (κ2) is 5.51. The van der Waals surface area contributed by atoms with Gasteiger partial charge in [-0.2, -0.15) is 0 Å². The van der Waals surface area contributed by atoms with Crippen LogP contribution in [-0.4, -0.2) is 39.1 Å². The highest BCUT2D eigenvalue weighted by molar-refractivity contribution is 5.57. The van der Waals surface area contributed by atoms with E-state index in [1.807, 2.05) is 0 Å². The maximum absolute atomic E-state index is 5.83. The molecule has 1 aliphatic heterocycles. The van der Waals surface area contributed by atoms with Crippen LogP contribution in [0.25, 0.3) is 0 Å². The minimum absolute atomic E-state index is 0.520. The molecule has 2 rings (SSSR count). The summed E-state index contributed by atoms with van der Waals surface area (Å²) in [5.74, 6) is 0.638. The summed E-state index contributed by atoms with van der Waals surface area (Å²) in [5, 5.41) is 0. The highest BCUT2D eigenvalue weighted by atomic mass is 15.2. The first kappa shape index (κ1) is 14.4. The zero-order valence-corrected chi connectivity index (χ0v) is 12.9. The van der Waals surface area contributed by atoms with Crippen molar-refractivity contribution in [2.75, 3.05) is 39.1 Å². The van der Waals surface area contributed by atoms with Gasteiger partial charge in [-0.15, -0.1) is 0 Å². The predicted octanol–water partition coefficient (Wildman–Crippen LogP) is 2.32. The van der Waals surface area contributed by atoms with Gasteiger partial charge in [0.1, 0.15) is 0 Å². The van der Waals surface area contributed by atoms with E-state index in [2.05, 4.69) is 56.9 Å². The molecule has 2 atom stereocenters. The molecule has 0 bridgehead atoms. The number of hydrogen-bond acceptors (Lipinski definition) is 3. The number of benzene rings is 1.